The van der Waals surface area contributed by atoms with Gasteiger partial charge in [-0.1, -0.05) is 20.8 Å². The molecule has 0 aromatic heterocycles. The molecule has 0 saturated heterocycles. The molecule has 0 spiro atoms. The number of hydrogen-bond acceptors (Lipinski definition) is 5. The summed E-state index contributed by atoms with van der Waals surface area (Å²) in [6, 6.07) is 0. The Morgan fingerprint density at radius 2 is 1.95 bits per heavy atom. The molecule has 0 heterocycles. The number of nitrogens with two attached hydrogens (primary N) is 1. The second-order valence-electron chi connectivity index (χ2n) is 5.95. The topological polar surface area (TPSA) is 68.0 Å². The van der Waals surface area contributed by atoms with Crippen LogP contribution < -0.4 is 5.73 Å². The summed E-state index contributed by atoms with van der Waals surface area (Å²) in [6.07, 6.45) is -0.469. The maximum absolute atomic E-state index is 10.00. The van der Waals surface area contributed by atoms with E-state index in [1.807, 2.05) is 6.92 Å². The Bertz CT molecular complexity index is 225. The third-order valence-electron chi connectivity index (χ3n) is 3.09. The second-order valence-corrected chi connectivity index (χ2v) is 5.95. The molecule has 19 heavy (non-hydrogen) atoms. The number of aliphatic hydroxyl groups excluding tert-OH is 1. The Balaban J connectivity index is 4.03. The van der Waals surface area contributed by atoms with E-state index in [0.717, 1.165) is 13.1 Å². The molecule has 116 valence electrons. The van der Waals surface area contributed by atoms with Gasteiger partial charge in [0, 0.05) is 20.2 Å². The number of hydrogen-bond donors (Lipinski definition) is 2. The van der Waals surface area contributed by atoms with Gasteiger partial charge in [-0.25, -0.2) is 0 Å². The third-order valence-corrected chi connectivity index (χ3v) is 3.09. The van der Waals surface area contributed by atoms with E-state index in [1.165, 1.54) is 0 Å². The van der Waals surface area contributed by atoms with Crippen LogP contribution in [-0.2, 0) is 9.47 Å². The third kappa shape index (κ3) is 9.35. The van der Waals surface area contributed by atoms with Crippen LogP contribution >= 0.6 is 0 Å². The van der Waals surface area contributed by atoms with Crippen LogP contribution in [-0.4, -0.2) is 68.7 Å². The van der Waals surface area contributed by atoms with Gasteiger partial charge in [0.25, 0.3) is 0 Å². The van der Waals surface area contributed by atoms with Crippen molar-refractivity contribution in [3.63, 3.8) is 0 Å². The van der Waals surface area contributed by atoms with E-state index < -0.39 is 6.10 Å². The molecular formula is C14H32N2O3. The maximum Gasteiger partial charge on any atom is 0.0900 e. The first-order chi connectivity index (χ1) is 8.84. The summed E-state index contributed by atoms with van der Waals surface area (Å²) >= 11 is 0. The number of rotatable bonds is 11. The van der Waals surface area contributed by atoms with Crippen LogP contribution in [0.4, 0.5) is 0 Å². The summed E-state index contributed by atoms with van der Waals surface area (Å²) in [5.74, 6) is 0. The maximum atomic E-state index is 10.00. The van der Waals surface area contributed by atoms with Gasteiger partial charge >= 0.3 is 0 Å². The molecular weight excluding hydrogens is 244 g/mol. The van der Waals surface area contributed by atoms with Crippen LogP contribution in [0.5, 0.6) is 0 Å². The van der Waals surface area contributed by atoms with Gasteiger partial charge in [0.15, 0.2) is 0 Å². The van der Waals surface area contributed by atoms with Crippen LogP contribution in [0.15, 0.2) is 0 Å². The van der Waals surface area contributed by atoms with E-state index in [2.05, 4.69) is 25.7 Å². The van der Waals surface area contributed by atoms with Gasteiger partial charge in [-0.3, -0.25) is 0 Å². The van der Waals surface area contributed by atoms with Gasteiger partial charge in [0.1, 0.15) is 0 Å². The Morgan fingerprint density at radius 3 is 2.42 bits per heavy atom. The molecule has 0 fully saturated rings. The normalized spacial score (nSPS) is 15.8. The zero-order valence-corrected chi connectivity index (χ0v) is 13.2. The molecule has 2 atom stereocenters. The molecule has 5 heteroatoms. The zero-order valence-electron chi connectivity index (χ0n) is 13.2. The molecule has 3 N–H and O–H groups in total. The molecule has 0 bridgehead atoms. The lowest BCUT2D eigenvalue weighted by Gasteiger charge is -2.32. The Morgan fingerprint density at radius 1 is 1.32 bits per heavy atom. The van der Waals surface area contributed by atoms with E-state index in [4.69, 9.17) is 15.2 Å². The van der Waals surface area contributed by atoms with Crippen molar-refractivity contribution in [2.24, 2.45) is 11.1 Å². The van der Waals surface area contributed by atoms with Crippen molar-refractivity contribution in [3.05, 3.63) is 0 Å². The van der Waals surface area contributed by atoms with Crippen molar-refractivity contribution >= 4 is 0 Å². The first-order valence-corrected chi connectivity index (χ1v) is 7.05. The minimum absolute atomic E-state index is 0.00945. The molecule has 0 aliphatic carbocycles. The zero-order chi connectivity index (χ0) is 14.9. The summed E-state index contributed by atoms with van der Waals surface area (Å²) in [4.78, 5) is 2.21. The first-order valence-electron chi connectivity index (χ1n) is 7.05. The Hall–Kier alpha value is -0.200. The predicted octanol–water partition coefficient (Wildman–Crippen LogP) is 0.706. The van der Waals surface area contributed by atoms with E-state index >= 15 is 0 Å². The van der Waals surface area contributed by atoms with Crippen LogP contribution in [0.1, 0.15) is 27.7 Å². The smallest absolute Gasteiger partial charge is 0.0900 e. The predicted molar refractivity (Wildman–Crippen MR) is 78.2 cm³/mol. The average molecular weight is 276 g/mol. The second kappa shape index (κ2) is 9.66. The summed E-state index contributed by atoms with van der Waals surface area (Å²) < 4.78 is 10.5. The van der Waals surface area contributed by atoms with E-state index in [1.54, 1.807) is 7.11 Å². The molecule has 0 aliphatic heterocycles. The highest BCUT2D eigenvalue weighted by Crippen LogP contribution is 2.15. The summed E-state index contributed by atoms with van der Waals surface area (Å²) in [5, 5.41) is 10.00. The highest BCUT2D eigenvalue weighted by Gasteiger charge is 2.21. The van der Waals surface area contributed by atoms with Gasteiger partial charge in [0.2, 0.25) is 0 Å². The molecule has 0 aliphatic rings. The molecule has 0 aromatic rings. The standard InChI is InChI=1S/C14H32N2O3/c1-6-16(11-14(3,4)10-15)7-13(17)9-19-12(2)8-18-5/h12-13,17H,6-11,15H2,1-5H3. The van der Waals surface area contributed by atoms with Crippen molar-refractivity contribution in [3.8, 4) is 0 Å². The van der Waals surface area contributed by atoms with Crippen molar-refractivity contribution in [1.82, 2.24) is 4.90 Å². The van der Waals surface area contributed by atoms with Crippen molar-refractivity contribution < 1.29 is 14.6 Å². The number of likely N-dealkylation sites (N-methyl/N-ethyl adjacent to an activating group) is 1. The van der Waals surface area contributed by atoms with Gasteiger partial charge in [0.05, 0.1) is 25.4 Å². The quantitative estimate of drug-likeness (QED) is 0.581. The van der Waals surface area contributed by atoms with E-state index in [0.29, 0.717) is 26.3 Å². The minimum Gasteiger partial charge on any atom is -0.389 e. The minimum atomic E-state index is -0.479. The monoisotopic (exact) mass is 276 g/mol. The molecule has 2 unspecified atom stereocenters. The van der Waals surface area contributed by atoms with Gasteiger partial charge in [-0.2, -0.15) is 0 Å². The summed E-state index contributed by atoms with van der Waals surface area (Å²) in [7, 11) is 1.64. The molecule has 0 radical (unpaired) electrons. The number of ether oxygens (including phenoxy) is 2. The lowest BCUT2D eigenvalue weighted by Crippen LogP contribution is -2.43. The molecule has 5 nitrogen and oxygen atoms in total. The SMILES string of the molecule is CCN(CC(O)COC(C)COC)CC(C)(C)CN. The fourth-order valence-corrected chi connectivity index (χ4v) is 1.88. The molecule has 0 amide bonds. The summed E-state index contributed by atoms with van der Waals surface area (Å²) in [5.41, 5.74) is 5.81. The fraction of sp³-hybridized carbons (Fsp3) is 1.00. The number of nitrogens with zero attached hydrogens (tertiary/aromatic N) is 1. The van der Waals surface area contributed by atoms with Crippen LogP contribution in [0.3, 0.4) is 0 Å². The Labute approximate surface area is 118 Å². The molecule has 0 saturated carbocycles. The lowest BCUT2D eigenvalue weighted by molar-refractivity contribution is -0.0412. The highest BCUT2D eigenvalue weighted by molar-refractivity contribution is 4.75. The first kappa shape index (κ1) is 18.8. The van der Waals surface area contributed by atoms with Crippen LogP contribution in [0.2, 0.25) is 0 Å². The van der Waals surface area contributed by atoms with Crippen LogP contribution in [0.25, 0.3) is 0 Å². The lowest BCUT2D eigenvalue weighted by atomic mass is 9.93. The van der Waals surface area contributed by atoms with E-state index in [-0.39, 0.29) is 11.5 Å². The number of methoxy groups -OCH3 is 1. The van der Waals surface area contributed by atoms with Gasteiger partial charge < -0.3 is 25.2 Å². The fourth-order valence-electron chi connectivity index (χ4n) is 1.88. The number of aliphatic hydroxyl groups is 1. The largest absolute Gasteiger partial charge is 0.389 e. The van der Waals surface area contributed by atoms with Crippen molar-refractivity contribution in [1.29, 1.82) is 0 Å². The Kier molecular flexibility index (Phi) is 9.56. The van der Waals surface area contributed by atoms with Crippen LogP contribution in [0, 0.1) is 5.41 Å². The van der Waals surface area contributed by atoms with Gasteiger partial charge in [-0.15, -0.1) is 0 Å². The van der Waals surface area contributed by atoms with Crippen molar-refractivity contribution in [2.75, 3.05) is 46.5 Å². The van der Waals surface area contributed by atoms with Crippen molar-refractivity contribution in [2.45, 2.75) is 39.9 Å². The molecule has 0 rings (SSSR count). The highest BCUT2D eigenvalue weighted by atomic mass is 16.5. The average Bonchev–Trinajstić information content (AvgIpc) is 2.35. The van der Waals surface area contributed by atoms with E-state index in [9.17, 15) is 5.11 Å². The van der Waals surface area contributed by atoms with Gasteiger partial charge in [-0.05, 0) is 25.4 Å². The summed E-state index contributed by atoms with van der Waals surface area (Å²) in [6.45, 7) is 12.2. The molecule has 0 aromatic carbocycles.